The molecule has 1 N–H and O–H groups in total. The van der Waals surface area contributed by atoms with Crippen molar-refractivity contribution in [1.82, 2.24) is 10.2 Å². The first-order valence-electron chi connectivity index (χ1n) is 11.2. The molecule has 5 fully saturated rings. The quantitative estimate of drug-likeness (QED) is 0.839. The second-order valence-corrected chi connectivity index (χ2v) is 10.2. The molecule has 0 aromatic heterocycles. The molecule has 4 bridgehead atoms. The van der Waals surface area contributed by atoms with Crippen LogP contribution >= 0.6 is 0 Å². The number of likely N-dealkylation sites (tertiary alicyclic amines) is 1. The Kier molecular flexibility index (Phi) is 4.75. The molecule has 0 spiro atoms. The second kappa shape index (κ2) is 7.24. The molecule has 4 saturated carbocycles. The van der Waals surface area contributed by atoms with E-state index >= 15 is 0 Å². The van der Waals surface area contributed by atoms with Gasteiger partial charge in [-0.25, -0.2) is 0 Å². The van der Waals surface area contributed by atoms with Gasteiger partial charge < -0.3 is 5.32 Å². The van der Waals surface area contributed by atoms with Crippen LogP contribution in [-0.4, -0.2) is 29.9 Å². The van der Waals surface area contributed by atoms with E-state index in [-0.39, 0.29) is 0 Å². The van der Waals surface area contributed by atoms with Crippen LogP contribution in [-0.2, 0) is 11.3 Å². The Labute approximate surface area is 163 Å². The van der Waals surface area contributed by atoms with E-state index in [1.54, 1.807) is 0 Å². The molecule has 146 valence electrons. The van der Waals surface area contributed by atoms with E-state index in [9.17, 15) is 4.79 Å². The minimum atomic E-state index is 0.346. The summed E-state index contributed by atoms with van der Waals surface area (Å²) >= 11 is 0. The highest BCUT2D eigenvalue weighted by molar-refractivity contribution is 5.77. The number of piperidine rings is 1. The molecule has 0 unspecified atom stereocenters. The van der Waals surface area contributed by atoms with Gasteiger partial charge in [0.1, 0.15) is 0 Å². The summed E-state index contributed by atoms with van der Waals surface area (Å²) in [5.74, 6) is 3.15. The number of hydrogen-bond acceptors (Lipinski definition) is 2. The molecule has 6 rings (SSSR count). The highest BCUT2D eigenvalue weighted by Crippen LogP contribution is 2.61. The van der Waals surface area contributed by atoms with Gasteiger partial charge in [-0.1, -0.05) is 30.3 Å². The molecular weight excluding hydrogens is 332 g/mol. The molecule has 1 amide bonds. The first-order chi connectivity index (χ1) is 13.2. The van der Waals surface area contributed by atoms with Crippen molar-refractivity contribution >= 4 is 5.91 Å². The summed E-state index contributed by atoms with van der Waals surface area (Å²) in [6.07, 6.45) is 11.4. The Hall–Kier alpha value is -1.35. The summed E-state index contributed by atoms with van der Waals surface area (Å²) in [6, 6.07) is 11.1. The molecule has 1 aliphatic heterocycles. The van der Waals surface area contributed by atoms with Gasteiger partial charge in [0.15, 0.2) is 0 Å². The van der Waals surface area contributed by atoms with Crippen LogP contribution in [0, 0.1) is 23.2 Å². The van der Waals surface area contributed by atoms with E-state index in [4.69, 9.17) is 0 Å². The number of nitrogens with zero attached hydrogens (tertiary/aromatic N) is 1. The number of nitrogens with one attached hydrogen (secondary N) is 1. The third-order valence-electron chi connectivity index (χ3n) is 7.90. The summed E-state index contributed by atoms with van der Waals surface area (Å²) in [5, 5.41) is 3.41. The van der Waals surface area contributed by atoms with E-state index in [0.717, 1.165) is 56.7 Å². The highest BCUT2D eigenvalue weighted by Gasteiger charge is 2.51. The van der Waals surface area contributed by atoms with Crippen molar-refractivity contribution in [2.45, 2.75) is 70.4 Å². The minimum Gasteiger partial charge on any atom is -0.353 e. The Morgan fingerprint density at radius 3 is 2.15 bits per heavy atom. The zero-order valence-corrected chi connectivity index (χ0v) is 16.5. The van der Waals surface area contributed by atoms with Gasteiger partial charge in [-0.2, -0.15) is 0 Å². The van der Waals surface area contributed by atoms with Crippen LogP contribution in [0.2, 0.25) is 0 Å². The van der Waals surface area contributed by atoms with Crippen LogP contribution in [0.1, 0.15) is 63.4 Å². The number of rotatable bonds is 5. The third kappa shape index (κ3) is 3.94. The van der Waals surface area contributed by atoms with Gasteiger partial charge in [-0.3, -0.25) is 9.69 Å². The van der Waals surface area contributed by atoms with Crippen LogP contribution < -0.4 is 5.32 Å². The lowest BCUT2D eigenvalue weighted by Crippen LogP contribution is -2.50. The summed E-state index contributed by atoms with van der Waals surface area (Å²) in [5.41, 5.74) is 1.76. The minimum absolute atomic E-state index is 0.346. The average Bonchev–Trinajstić information content (AvgIpc) is 2.62. The summed E-state index contributed by atoms with van der Waals surface area (Å²) < 4.78 is 0. The van der Waals surface area contributed by atoms with Gasteiger partial charge in [-0.15, -0.1) is 0 Å². The van der Waals surface area contributed by atoms with Gasteiger partial charge in [0.25, 0.3) is 0 Å². The maximum Gasteiger partial charge on any atom is 0.220 e. The molecule has 1 heterocycles. The molecule has 5 aliphatic rings. The molecule has 0 atom stereocenters. The zero-order valence-electron chi connectivity index (χ0n) is 16.5. The van der Waals surface area contributed by atoms with Gasteiger partial charge in [-0.05, 0) is 80.1 Å². The first-order valence-corrected chi connectivity index (χ1v) is 11.2. The summed E-state index contributed by atoms with van der Waals surface area (Å²) in [6.45, 7) is 3.23. The number of amides is 1. The molecule has 27 heavy (non-hydrogen) atoms. The fourth-order valence-electron chi connectivity index (χ4n) is 7.20. The molecular formula is C24H34N2O. The van der Waals surface area contributed by atoms with Crippen molar-refractivity contribution in [3.8, 4) is 0 Å². The van der Waals surface area contributed by atoms with Crippen molar-refractivity contribution in [1.29, 1.82) is 0 Å². The van der Waals surface area contributed by atoms with E-state index in [1.165, 1.54) is 44.1 Å². The number of benzene rings is 1. The van der Waals surface area contributed by atoms with Crippen LogP contribution in [0.15, 0.2) is 30.3 Å². The lowest BCUT2D eigenvalue weighted by molar-refractivity contribution is -0.130. The van der Waals surface area contributed by atoms with E-state index < -0.39 is 0 Å². The maximum absolute atomic E-state index is 12.8. The number of carbonyl (C=O) groups excluding carboxylic acids is 1. The van der Waals surface area contributed by atoms with Crippen LogP contribution in [0.3, 0.4) is 0 Å². The van der Waals surface area contributed by atoms with Gasteiger partial charge in [0.05, 0.1) is 0 Å². The average molecular weight is 367 g/mol. The van der Waals surface area contributed by atoms with Crippen LogP contribution in [0.5, 0.6) is 0 Å². The normalized spacial score (nSPS) is 36.1. The monoisotopic (exact) mass is 366 g/mol. The van der Waals surface area contributed by atoms with Gasteiger partial charge >= 0.3 is 0 Å². The van der Waals surface area contributed by atoms with Gasteiger partial charge in [0, 0.05) is 32.1 Å². The van der Waals surface area contributed by atoms with Crippen LogP contribution in [0.4, 0.5) is 0 Å². The van der Waals surface area contributed by atoms with Crippen molar-refractivity contribution < 1.29 is 4.79 Å². The summed E-state index contributed by atoms with van der Waals surface area (Å²) in [7, 11) is 0. The van der Waals surface area contributed by atoms with Crippen molar-refractivity contribution in [2.24, 2.45) is 23.2 Å². The largest absolute Gasteiger partial charge is 0.353 e. The molecule has 1 aromatic carbocycles. The van der Waals surface area contributed by atoms with E-state index in [2.05, 4.69) is 40.5 Å². The Balaban J connectivity index is 1.10. The van der Waals surface area contributed by atoms with Crippen molar-refractivity contribution in [3.05, 3.63) is 35.9 Å². The third-order valence-corrected chi connectivity index (χ3v) is 7.90. The maximum atomic E-state index is 12.8. The fraction of sp³-hybridized carbons (Fsp3) is 0.708. The molecule has 1 saturated heterocycles. The molecule has 4 aliphatic carbocycles. The SMILES string of the molecule is O=C(CC12CC3CC(CC(C3)C1)C2)NC1CCN(Cc2ccccc2)CC1. The van der Waals surface area contributed by atoms with Crippen molar-refractivity contribution in [3.63, 3.8) is 0 Å². The Morgan fingerprint density at radius 1 is 0.963 bits per heavy atom. The topological polar surface area (TPSA) is 32.3 Å². The van der Waals surface area contributed by atoms with E-state index in [0.29, 0.717) is 17.4 Å². The molecule has 1 aromatic rings. The number of hydrogen-bond donors (Lipinski definition) is 1. The lowest BCUT2D eigenvalue weighted by atomic mass is 9.49. The zero-order chi connectivity index (χ0) is 18.3. The fourth-order valence-corrected chi connectivity index (χ4v) is 7.20. The van der Waals surface area contributed by atoms with Crippen LogP contribution in [0.25, 0.3) is 0 Å². The van der Waals surface area contributed by atoms with Gasteiger partial charge in [0.2, 0.25) is 5.91 Å². The molecule has 3 nitrogen and oxygen atoms in total. The highest BCUT2D eigenvalue weighted by atomic mass is 16.1. The predicted molar refractivity (Wildman–Crippen MR) is 108 cm³/mol. The smallest absolute Gasteiger partial charge is 0.220 e. The lowest BCUT2D eigenvalue weighted by Gasteiger charge is -2.56. The summed E-state index contributed by atoms with van der Waals surface area (Å²) in [4.78, 5) is 15.4. The van der Waals surface area contributed by atoms with Crippen molar-refractivity contribution in [2.75, 3.05) is 13.1 Å². The second-order valence-electron chi connectivity index (χ2n) is 10.2. The predicted octanol–water partition coefficient (Wildman–Crippen LogP) is 4.37. The first kappa shape index (κ1) is 17.7. The number of carbonyl (C=O) groups is 1. The molecule has 3 heteroatoms. The standard InChI is InChI=1S/C24H34N2O/c27-23(16-24-13-19-10-20(14-24)12-21(11-19)15-24)25-22-6-8-26(9-7-22)17-18-4-2-1-3-5-18/h1-5,19-22H,6-17H2,(H,25,27). The Bertz CT molecular complexity index is 627. The molecule has 0 radical (unpaired) electrons. The Morgan fingerprint density at radius 2 is 1.56 bits per heavy atom. The van der Waals surface area contributed by atoms with E-state index in [1.807, 2.05) is 0 Å².